The summed E-state index contributed by atoms with van der Waals surface area (Å²) in [6.45, 7) is 0.741. The van der Waals surface area contributed by atoms with E-state index in [9.17, 15) is 4.79 Å². The van der Waals surface area contributed by atoms with Gasteiger partial charge in [0.25, 0.3) is 5.91 Å². The number of hydrogen-bond donors (Lipinski definition) is 2. The monoisotopic (exact) mass is 266 g/mol. The van der Waals surface area contributed by atoms with Crippen LogP contribution < -0.4 is 11.1 Å². The largest absolute Gasteiger partial charge is 0.398 e. The molecule has 0 aromatic heterocycles. The third-order valence-electron chi connectivity index (χ3n) is 3.54. The molecule has 98 valence electrons. The van der Waals surface area contributed by atoms with Crippen LogP contribution in [0.1, 0.15) is 42.5 Å². The van der Waals surface area contributed by atoms with Gasteiger partial charge in [0, 0.05) is 17.3 Å². The third kappa shape index (κ3) is 3.39. The summed E-state index contributed by atoms with van der Waals surface area (Å²) in [5, 5.41) is 3.49. The van der Waals surface area contributed by atoms with Gasteiger partial charge in [0.05, 0.1) is 5.56 Å². The molecule has 18 heavy (non-hydrogen) atoms. The molecule has 0 atom stereocenters. The van der Waals surface area contributed by atoms with Crippen molar-refractivity contribution in [3.8, 4) is 0 Å². The van der Waals surface area contributed by atoms with Crippen LogP contribution >= 0.6 is 11.6 Å². The molecule has 0 saturated heterocycles. The average Bonchev–Trinajstić information content (AvgIpc) is 2.40. The lowest BCUT2D eigenvalue weighted by molar-refractivity contribution is 0.0944. The van der Waals surface area contributed by atoms with E-state index in [0.29, 0.717) is 22.2 Å². The number of carbonyl (C=O) groups is 1. The van der Waals surface area contributed by atoms with Crippen LogP contribution in [-0.4, -0.2) is 12.5 Å². The number of amides is 1. The van der Waals surface area contributed by atoms with E-state index in [0.717, 1.165) is 6.54 Å². The van der Waals surface area contributed by atoms with Gasteiger partial charge in [0.1, 0.15) is 0 Å². The predicted octanol–water partition coefficient (Wildman–Crippen LogP) is 3.23. The van der Waals surface area contributed by atoms with E-state index in [-0.39, 0.29) is 5.91 Å². The average molecular weight is 267 g/mol. The molecule has 4 heteroatoms. The van der Waals surface area contributed by atoms with Crippen molar-refractivity contribution >= 4 is 23.2 Å². The molecule has 1 aliphatic carbocycles. The number of nitrogens with one attached hydrogen (secondary N) is 1. The van der Waals surface area contributed by atoms with Crippen molar-refractivity contribution in [2.45, 2.75) is 32.1 Å². The van der Waals surface area contributed by atoms with Crippen LogP contribution in [0.15, 0.2) is 18.2 Å². The molecule has 2 rings (SSSR count). The Bertz CT molecular complexity index is 428. The second kappa shape index (κ2) is 6.10. The van der Waals surface area contributed by atoms with Crippen molar-refractivity contribution in [2.24, 2.45) is 5.92 Å². The normalized spacial score (nSPS) is 16.5. The summed E-state index contributed by atoms with van der Waals surface area (Å²) in [5.74, 6) is 0.490. The molecule has 0 spiro atoms. The summed E-state index contributed by atoms with van der Waals surface area (Å²) in [7, 11) is 0. The van der Waals surface area contributed by atoms with Crippen LogP contribution in [-0.2, 0) is 0 Å². The molecule has 1 fully saturated rings. The molecule has 1 aromatic carbocycles. The smallest absolute Gasteiger partial charge is 0.253 e. The molecule has 0 heterocycles. The summed E-state index contributed by atoms with van der Waals surface area (Å²) in [6.07, 6.45) is 6.31. The first-order valence-corrected chi connectivity index (χ1v) is 6.88. The number of hydrogen-bond acceptors (Lipinski definition) is 2. The molecule has 3 N–H and O–H groups in total. The molecule has 0 unspecified atom stereocenters. The van der Waals surface area contributed by atoms with E-state index >= 15 is 0 Å². The fraction of sp³-hybridized carbons (Fsp3) is 0.500. The van der Waals surface area contributed by atoms with E-state index in [2.05, 4.69) is 5.32 Å². The van der Waals surface area contributed by atoms with Crippen LogP contribution in [0.4, 0.5) is 5.69 Å². The lowest BCUT2D eigenvalue weighted by Gasteiger charge is -2.21. The zero-order chi connectivity index (χ0) is 13.0. The first kappa shape index (κ1) is 13.2. The molecule has 0 bridgehead atoms. The molecule has 1 aromatic rings. The Morgan fingerprint density at radius 1 is 1.33 bits per heavy atom. The lowest BCUT2D eigenvalue weighted by Crippen LogP contribution is -2.30. The van der Waals surface area contributed by atoms with Crippen molar-refractivity contribution < 1.29 is 4.79 Å². The van der Waals surface area contributed by atoms with Gasteiger partial charge in [-0.1, -0.05) is 30.9 Å². The van der Waals surface area contributed by atoms with Crippen LogP contribution in [0.2, 0.25) is 5.02 Å². The zero-order valence-corrected chi connectivity index (χ0v) is 11.2. The molecule has 1 saturated carbocycles. The highest BCUT2D eigenvalue weighted by Gasteiger charge is 2.16. The standard InChI is InChI=1S/C14H19ClN2O/c15-11-6-7-13(16)12(8-11)14(18)17-9-10-4-2-1-3-5-10/h6-8,10H,1-5,9,16H2,(H,17,18). The summed E-state index contributed by atoms with van der Waals surface area (Å²) in [5.41, 5.74) is 6.72. The van der Waals surface area contributed by atoms with Gasteiger partial charge in [0.2, 0.25) is 0 Å². The Morgan fingerprint density at radius 2 is 2.06 bits per heavy atom. The van der Waals surface area contributed by atoms with Crippen molar-refractivity contribution in [1.29, 1.82) is 0 Å². The molecule has 3 nitrogen and oxygen atoms in total. The fourth-order valence-electron chi connectivity index (χ4n) is 2.45. The third-order valence-corrected chi connectivity index (χ3v) is 3.77. The van der Waals surface area contributed by atoms with E-state index in [1.54, 1.807) is 18.2 Å². The number of carbonyl (C=O) groups excluding carboxylic acids is 1. The Labute approximate surface area is 113 Å². The summed E-state index contributed by atoms with van der Waals surface area (Å²) >= 11 is 5.87. The lowest BCUT2D eigenvalue weighted by atomic mass is 9.89. The Morgan fingerprint density at radius 3 is 2.78 bits per heavy atom. The van der Waals surface area contributed by atoms with Gasteiger partial charge in [-0.2, -0.15) is 0 Å². The first-order valence-electron chi connectivity index (χ1n) is 6.50. The second-order valence-corrected chi connectivity index (χ2v) is 5.38. The second-order valence-electron chi connectivity index (χ2n) is 4.95. The van der Waals surface area contributed by atoms with Gasteiger partial charge in [-0.15, -0.1) is 0 Å². The van der Waals surface area contributed by atoms with Gasteiger partial charge < -0.3 is 11.1 Å². The highest BCUT2D eigenvalue weighted by atomic mass is 35.5. The van der Waals surface area contributed by atoms with Crippen LogP contribution in [0.3, 0.4) is 0 Å². The van der Waals surface area contributed by atoms with Crippen molar-refractivity contribution in [1.82, 2.24) is 5.32 Å². The zero-order valence-electron chi connectivity index (χ0n) is 10.4. The quantitative estimate of drug-likeness (QED) is 0.826. The Hall–Kier alpha value is -1.22. The van der Waals surface area contributed by atoms with Crippen LogP contribution in [0.5, 0.6) is 0 Å². The highest BCUT2D eigenvalue weighted by molar-refractivity contribution is 6.31. The fourth-order valence-corrected chi connectivity index (χ4v) is 2.62. The van der Waals surface area contributed by atoms with Crippen molar-refractivity contribution in [3.63, 3.8) is 0 Å². The molecule has 0 aliphatic heterocycles. The predicted molar refractivity (Wildman–Crippen MR) is 74.8 cm³/mol. The Kier molecular flexibility index (Phi) is 4.48. The van der Waals surface area contributed by atoms with Gasteiger partial charge >= 0.3 is 0 Å². The van der Waals surface area contributed by atoms with Crippen molar-refractivity contribution in [2.75, 3.05) is 12.3 Å². The van der Waals surface area contributed by atoms with Gasteiger partial charge in [-0.25, -0.2) is 0 Å². The van der Waals surface area contributed by atoms with E-state index in [1.807, 2.05) is 0 Å². The summed E-state index contributed by atoms with van der Waals surface area (Å²) in [4.78, 5) is 12.0. The van der Waals surface area contributed by atoms with Crippen molar-refractivity contribution in [3.05, 3.63) is 28.8 Å². The Balaban J connectivity index is 1.92. The molecular formula is C14H19ClN2O. The van der Waals surface area contributed by atoms with E-state index in [1.165, 1.54) is 32.1 Å². The summed E-state index contributed by atoms with van der Waals surface area (Å²) < 4.78 is 0. The van der Waals surface area contributed by atoms with E-state index < -0.39 is 0 Å². The molecule has 1 aliphatic rings. The number of halogens is 1. The molecule has 0 radical (unpaired) electrons. The van der Waals surface area contributed by atoms with Gasteiger partial charge in [-0.3, -0.25) is 4.79 Å². The first-order chi connectivity index (χ1) is 8.66. The topological polar surface area (TPSA) is 55.1 Å². The minimum absolute atomic E-state index is 0.124. The molecule has 1 amide bonds. The number of rotatable bonds is 3. The maximum Gasteiger partial charge on any atom is 0.253 e. The van der Waals surface area contributed by atoms with E-state index in [4.69, 9.17) is 17.3 Å². The van der Waals surface area contributed by atoms with Crippen LogP contribution in [0, 0.1) is 5.92 Å². The number of anilines is 1. The number of nitrogens with two attached hydrogens (primary N) is 1. The maximum absolute atomic E-state index is 12.0. The number of benzene rings is 1. The van der Waals surface area contributed by atoms with Gasteiger partial charge in [-0.05, 0) is 37.0 Å². The number of nitrogen functional groups attached to an aromatic ring is 1. The SMILES string of the molecule is Nc1ccc(Cl)cc1C(=O)NCC1CCCCC1. The highest BCUT2D eigenvalue weighted by Crippen LogP contribution is 2.23. The maximum atomic E-state index is 12.0. The minimum Gasteiger partial charge on any atom is -0.398 e. The van der Waals surface area contributed by atoms with Gasteiger partial charge in [0.15, 0.2) is 0 Å². The minimum atomic E-state index is -0.124. The van der Waals surface area contributed by atoms with Crippen LogP contribution in [0.25, 0.3) is 0 Å². The molecular weight excluding hydrogens is 248 g/mol. The summed E-state index contributed by atoms with van der Waals surface area (Å²) in [6, 6.07) is 4.97.